The number of likely N-dealkylation sites (tertiary alicyclic amines) is 1. The predicted octanol–water partition coefficient (Wildman–Crippen LogP) is 2.63. The lowest BCUT2D eigenvalue weighted by Crippen LogP contribution is -2.47. The fourth-order valence-electron chi connectivity index (χ4n) is 2.68. The summed E-state index contributed by atoms with van der Waals surface area (Å²) in [6, 6.07) is 6.35. The number of hydrogen-bond acceptors (Lipinski definition) is 4. The Morgan fingerprint density at radius 2 is 1.78 bits per heavy atom. The average molecular weight is 343 g/mol. The maximum absolute atomic E-state index is 12.9. The second-order valence-corrected chi connectivity index (χ2v) is 9.59. The lowest BCUT2D eigenvalue weighted by molar-refractivity contribution is -0.00362. The van der Waals surface area contributed by atoms with Crippen LogP contribution in [0.2, 0.25) is 0 Å². The van der Waals surface area contributed by atoms with Gasteiger partial charge >= 0.3 is 0 Å². The second-order valence-electron chi connectivity index (χ2n) is 6.94. The van der Waals surface area contributed by atoms with E-state index in [9.17, 15) is 12.8 Å². The summed E-state index contributed by atoms with van der Waals surface area (Å²) < 4.78 is 41.6. The van der Waals surface area contributed by atoms with Crippen LogP contribution in [0.1, 0.15) is 32.3 Å². The molecule has 1 aromatic carbocycles. The van der Waals surface area contributed by atoms with E-state index >= 15 is 0 Å². The fourth-order valence-corrected chi connectivity index (χ4v) is 3.10. The van der Waals surface area contributed by atoms with Gasteiger partial charge in [-0.25, -0.2) is 12.8 Å². The molecule has 0 aromatic heterocycles. The van der Waals surface area contributed by atoms with Crippen LogP contribution in [0, 0.1) is 5.82 Å². The first-order chi connectivity index (χ1) is 10.7. The van der Waals surface area contributed by atoms with Crippen molar-refractivity contribution in [2.24, 2.45) is 0 Å². The van der Waals surface area contributed by atoms with E-state index in [1.807, 2.05) is 0 Å². The maximum Gasteiger partial charge on any atom is 0.153 e. The summed E-state index contributed by atoms with van der Waals surface area (Å²) in [7, 11) is -3.07. The van der Waals surface area contributed by atoms with Gasteiger partial charge in [0.2, 0.25) is 0 Å². The molecule has 0 unspecified atom stereocenters. The molecule has 0 amide bonds. The van der Waals surface area contributed by atoms with E-state index < -0.39 is 14.6 Å². The van der Waals surface area contributed by atoms with E-state index in [0.717, 1.165) is 31.5 Å². The zero-order chi connectivity index (χ0) is 17.1. The lowest BCUT2D eigenvalue weighted by atomic mass is 10.1. The Balaban J connectivity index is 1.77. The van der Waals surface area contributed by atoms with E-state index in [1.165, 1.54) is 18.4 Å². The normalized spacial score (nSPS) is 18.3. The summed E-state index contributed by atoms with van der Waals surface area (Å²) in [5.74, 6) is -0.240. The van der Waals surface area contributed by atoms with Crippen LogP contribution in [0.15, 0.2) is 24.3 Å². The highest BCUT2D eigenvalue weighted by Gasteiger charge is 2.33. The van der Waals surface area contributed by atoms with Gasteiger partial charge in [-0.2, -0.15) is 0 Å². The fraction of sp³-hybridized carbons (Fsp3) is 0.647. The van der Waals surface area contributed by atoms with Crippen molar-refractivity contribution in [2.75, 3.05) is 25.9 Å². The van der Waals surface area contributed by atoms with Crippen molar-refractivity contribution in [3.05, 3.63) is 35.6 Å². The van der Waals surface area contributed by atoms with Crippen molar-refractivity contribution >= 4 is 9.84 Å². The minimum absolute atomic E-state index is 0.178. The van der Waals surface area contributed by atoms with Gasteiger partial charge in [0.05, 0.1) is 17.5 Å². The molecule has 6 heteroatoms. The van der Waals surface area contributed by atoms with Crippen LogP contribution in [-0.4, -0.2) is 50.1 Å². The van der Waals surface area contributed by atoms with Crippen molar-refractivity contribution in [3.8, 4) is 0 Å². The predicted molar refractivity (Wildman–Crippen MR) is 89.6 cm³/mol. The molecule has 1 fully saturated rings. The van der Waals surface area contributed by atoms with Gasteiger partial charge in [0.1, 0.15) is 5.82 Å². The summed E-state index contributed by atoms with van der Waals surface area (Å²) in [5.41, 5.74) is 0.965. The second kappa shape index (κ2) is 7.28. The lowest BCUT2D eigenvalue weighted by Gasteiger charge is -2.36. The summed E-state index contributed by atoms with van der Waals surface area (Å²) in [4.78, 5) is 2.19. The molecule has 0 N–H and O–H groups in total. The van der Waals surface area contributed by atoms with Gasteiger partial charge in [0.25, 0.3) is 0 Å². The third kappa shape index (κ3) is 5.26. The summed E-state index contributed by atoms with van der Waals surface area (Å²) in [6.07, 6.45) is 3.26. The molecule has 23 heavy (non-hydrogen) atoms. The zero-order valence-corrected chi connectivity index (χ0v) is 14.9. The van der Waals surface area contributed by atoms with Crippen molar-refractivity contribution in [1.29, 1.82) is 0 Å². The van der Waals surface area contributed by atoms with Gasteiger partial charge in [0.15, 0.2) is 9.84 Å². The first-order valence-corrected chi connectivity index (χ1v) is 9.84. The molecule has 1 aliphatic heterocycles. The maximum atomic E-state index is 12.9. The molecule has 4 nitrogen and oxygen atoms in total. The number of nitrogens with zero attached hydrogens (tertiary/aromatic N) is 1. The van der Waals surface area contributed by atoms with Gasteiger partial charge in [0, 0.05) is 25.9 Å². The van der Waals surface area contributed by atoms with E-state index in [2.05, 4.69) is 4.90 Å². The number of halogens is 1. The van der Waals surface area contributed by atoms with Gasteiger partial charge in [-0.3, -0.25) is 0 Å². The minimum atomic E-state index is -3.07. The number of rotatable bonds is 6. The number of piperidine rings is 1. The highest BCUT2D eigenvalue weighted by molar-refractivity contribution is 7.92. The molecule has 0 radical (unpaired) electrons. The third-order valence-corrected chi connectivity index (χ3v) is 6.68. The molecule has 0 atom stereocenters. The smallest absolute Gasteiger partial charge is 0.153 e. The highest BCUT2D eigenvalue weighted by Crippen LogP contribution is 2.21. The Labute approximate surface area is 138 Å². The van der Waals surface area contributed by atoms with E-state index in [1.54, 1.807) is 26.0 Å². The molecule has 1 aliphatic rings. The van der Waals surface area contributed by atoms with Crippen LogP contribution < -0.4 is 0 Å². The molecule has 2 rings (SSSR count). The van der Waals surface area contributed by atoms with Crippen LogP contribution in [0.3, 0.4) is 0 Å². The first kappa shape index (κ1) is 18.4. The Morgan fingerprint density at radius 1 is 1.22 bits per heavy atom. The van der Waals surface area contributed by atoms with Crippen molar-refractivity contribution < 1.29 is 17.5 Å². The SMILES string of the molecule is CC(C)(CN1CCC(OCc2ccc(F)cc2)CC1)S(C)(=O)=O. The van der Waals surface area contributed by atoms with Gasteiger partial charge in [-0.15, -0.1) is 0 Å². The van der Waals surface area contributed by atoms with E-state index in [-0.39, 0.29) is 11.9 Å². The van der Waals surface area contributed by atoms with Gasteiger partial charge in [-0.1, -0.05) is 12.1 Å². The number of sulfone groups is 1. The number of benzene rings is 1. The Hall–Kier alpha value is -0.980. The highest BCUT2D eigenvalue weighted by atomic mass is 32.2. The summed E-state index contributed by atoms with van der Waals surface area (Å²) in [5, 5.41) is 0. The summed E-state index contributed by atoms with van der Waals surface area (Å²) >= 11 is 0. The Bertz CT molecular complexity index is 605. The Morgan fingerprint density at radius 3 is 2.30 bits per heavy atom. The Kier molecular flexibility index (Phi) is 5.81. The molecular formula is C17H26FNO3S. The molecule has 1 aromatic rings. The van der Waals surface area contributed by atoms with Crippen molar-refractivity contribution in [2.45, 2.75) is 44.1 Å². The third-order valence-electron chi connectivity index (χ3n) is 4.54. The van der Waals surface area contributed by atoms with Crippen LogP contribution >= 0.6 is 0 Å². The van der Waals surface area contributed by atoms with Crippen LogP contribution in [0.25, 0.3) is 0 Å². The molecule has 1 saturated heterocycles. The van der Waals surface area contributed by atoms with E-state index in [0.29, 0.717) is 13.2 Å². The standard InChI is InChI=1S/C17H26FNO3S/c1-17(2,23(3,20)21)13-19-10-8-16(9-11-19)22-12-14-4-6-15(18)7-5-14/h4-7,16H,8-13H2,1-3H3. The molecule has 0 spiro atoms. The topological polar surface area (TPSA) is 46.6 Å². The van der Waals surface area contributed by atoms with Gasteiger partial charge < -0.3 is 9.64 Å². The zero-order valence-electron chi connectivity index (χ0n) is 14.1. The largest absolute Gasteiger partial charge is 0.373 e. The molecular weight excluding hydrogens is 317 g/mol. The van der Waals surface area contributed by atoms with Gasteiger partial charge in [-0.05, 0) is 44.4 Å². The number of hydrogen-bond donors (Lipinski definition) is 0. The monoisotopic (exact) mass is 343 g/mol. The molecule has 1 heterocycles. The van der Waals surface area contributed by atoms with Crippen LogP contribution in [-0.2, 0) is 21.2 Å². The minimum Gasteiger partial charge on any atom is -0.373 e. The van der Waals surface area contributed by atoms with Crippen molar-refractivity contribution in [1.82, 2.24) is 4.90 Å². The molecule has 0 bridgehead atoms. The average Bonchev–Trinajstić information content (AvgIpc) is 2.47. The molecule has 130 valence electrons. The molecule has 0 aliphatic carbocycles. The quantitative estimate of drug-likeness (QED) is 0.797. The summed E-state index contributed by atoms with van der Waals surface area (Å²) in [6.45, 7) is 6.27. The molecule has 0 saturated carbocycles. The van der Waals surface area contributed by atoms with Crippen LogP contribution in [0.4, 0.5) is 4.39 Å². The first-order valence-electron chi connectivity index (χ1n) is 7.95. The van der Waals surface area contributed by atoms with Crippen LogP contribution in [0.5, 0.6) is 0 Å². The van der Waals surface area contributed by atoms with E-state index in [4.69, 9.17) is 4.74 Å². The number of ether oxygens (including phenoxy) is 1. The van der Waals surface area contributed by atoms with Crippen molar-refractivity contribution in [3.63, 3.8) is 0 Å².